The minimum Gasteiger partial charge on any atom is -0.460 e. The summed E-state index contributed by atoms with van der Waals surface area (Å²) in [4.78, 5) is 11.1. The van der Waals surface area contributed by atoms with Crippen molar-refractivity contribution in [1.82, 2.24) is 0 Å². The van der Waals surface area contributed by atoms with Gasteiger partial charge in [-0.15, -0.1) is 0 Å². The Morgan fingerprint density at radius 1 is 1.25 bits per heavy atom. The van der Waals surface area contributed by atoms with Crippen LogP contribution in [-0.4, -0.2) is 18.2 Å². The fourth-order valence-electron chi connectivity index (χ4n) is 2.30. The van der Waals surface area contributed by atoms with Gasteiger partial charge in [-0.25, -0.2) is 9.18 Å². The number of ether oxygens (including phenoxy) is 1. The molecule has 0 aromatic heterocycles. The number of alkyl halides is 1. The average molecular weight is 230 g/mol. The molecule has 1 saturated carbocycles. The summed E-state index contributed by atoms with van der Waals surface area (Å²) < 4.78 is 17.7. The van der Waals surface area contributed by atoms with Crippen molar-refractivity contribution in [3.63, 3.8) is 0 Å². The number of carbonyl (C=O) groups excluding carboxylic acids is 1. The quantitative estimate of drug-likeness (QED) is 0.679. The highest BCUT2D eigenvalue weighted by Gasteiger charge is 2.31. The first-order valence-electron chi connectivity index (χ1n) is 6.15. The number of carbonyl (C=O) groups is 1. The maximum absolute atomic E-state index is 12.6. The van der Waals surface area contributed by atoms with Crippen molar-refractivity contribution in [1.29, 1.82) is 0 Å². The zero-order chi connectivity index (χ0) is 12.3. The molecule has 2 nitrogen and oxygen atoms in total. The Bertz CT molecular complexity index is 235. The van der Waals surface area contributed by atoms with Gasteiger partial charge in [0.15, 0.2) is 6.17 Å². The van der Waals surface area contributed by atoms with Gasteiger partial charge in [0, 0.05) is 0 Å². The number of esters is 1. The Balaban J connectivity index is 2.35. The van der Waals surface area contributed by atoms with Crippen molar-refractivity contribution >= 4 is 5.97 Å². The van der Waals surface area contributed by atoms with Crippen LogP contribution in [0.1, 0.15) is 53.4 Å². The highest BCUT2D eigenvalue weighted by atomic mass is 19.1. The van der Waals surface area contributed by atoms with Gasteiger partial charge in [0.2, 0.25) is 0 Å². The van der Waals surface area contributed by atoms with Crippen molar-refractivity contribution < 1.29 is 13.9 Å². The third-order valence-corrected chi connectivity index (χ3v) is 3.51. The summed E-state index contributed by atoms with van der Waals surface area (Å²) in [5, 5.41) is 0. The molecule has 0 aromatic carbocycles. The largest absolute Gasteiger partial charge is 0.460 e. The van der Waals surface area contributed by atoms with E-state index in [0.717, 1.165) is 25.7 Å². The molecule has 0 N–H and O–H groups in total. The third kappa shape index (κ3) is 3.76. The molecule has 1 unspecified atom stereocenters. The van der Waals surface area contributed by atoms with Gasteiger partial charge in [-0.2, -0.15) is 0 Å². The molecular weight excluding hydrogens is 207 g/mol. The van der Waals surface area contributed by atoms with E-state index in [1.54, 1.807) is 0 Å². The van der Waals surface area contributed by atoms with Crippen LogP contribution in [-0.2, 0) is 9.53 Å². The lowest BCUT2D eigenvalue weighted by Gasteiger charge is -2.36. The summed E-state index contributed by atoms with van der Waals surface area (Å²) >= 11 is 0. The highest BCUT2D eigenvalue weighted by Crippen LogP contribution is 2.38. The summed E-state index contributed by atoms with van der Waals surface area (Å²) in [6, 6.07) is 0. The SMILES string of the molecule is CC(F)C(=O)OC1CCC(C(C)(C)C)CC1. The van der Waals surface area contributed by atoms with Gasteiger partial charge in [-0.05, 0) is 43.9 Å². The Hall–Kier alpha value is -0.600. The van der Waals surface area contributed by atoms with E-state index >= 15 is 0 Å². The monoisotopic (exact) mass is 230 g/mol. The van der Waals surface area contributed by atoms with E-state index in [9.17, 15) is 9.18 Å². The van der Waals surface area contributed by atoms with Gasteiger partial charge in [0.25, 0.3) is 0 Å². The Kier molecular flexibility index (Phi) is 4.34. The Morgan fingerprint density at radius 3 is 2.12 bits per heavy atom. The van der Waals surface area contributed by atoms with Crippen LogP contribution < -0.4 is 0 Å². The van der Waals surface area contributed by atoms with Crippen LogP contribution >= 0.6 is 0 Å². The van der Waals surface area contributed by atoms with E-state index in [1.165, 1.54) is 6.92 Å². The van der Waals surface area contributed by atoms with Gasteiger partial charge >= 0.3 is 5.97 Å². The highest BCUT2D eigenvalue weighted by molar-refractivity contribution is 5.74. The van der Waals surface area contributed by atoms with Crippen LogP contribution in [0.25, 0.3) is 0 Å². The summed E-state index contributed by atoms with van der Waals surface area (Å²) in [5.74, 6) is -0.0236. The molecule has 1 aliphatic carbocycles. The van der Waals surface area contributed by atoms with E-state index in [1.807, 2.05) is 0 Å². The summed E-state index contributed by atoms with van der Waals surface area (Å²) in [6.07, 6.45) is 2.33. The standard InChI is InChI=1S/C13H23FO2/c1-9(14)12(15)16-11-7-5-10(6-8-11)13(2,3)4/h9-11H,5-8H2,1-4H3. The molecule has 0 aromatic rings. The lowest BCUT2D eigenvalue weighted by molar-refractivity contribution is -0.156. The molecule has 0 aliphatic heterocycles. The molecule has 0 heterocycles. The Labute approximate surface area is 97.6 Å². The summed E-state index contributed by atoms with van der Waals surface area (Å²) in [5.41, 5.74) is 0.322. The molecule has 94 valence electrons. The second-order valence-electron chi connectivity index (χ2n) is 5.89. The molecule has 3 heteroatoms. The van der Waals surface area contributed by atoms with Crippen LogP contribution in [0.3, 0.4) is 0 Å². The smallest absolute Gasteiger partial charge is 0.340 e. The van der Waals surface area contributed by atoms with Gasteiger partial charge < -0.3 is 4.74 Å². The fraction of sp³-hybridized carbons (Fsp3) is 0.923. The number of rotatable bonds is 2. The first-order valence-corrected chi connectivity index (χ1v) is 6.15. The van der Waals surface area contributed by atoms with Crippen molar-refractivity contribution in [2.24, 2.45) is 11.3 Å². The molecule has 0 radical (unpaired) electrons. The molecule has 1 fully saturated rings. The van der Waals surface area contributed by atoms with E-state index in [0.29, 0.717) is 11.3 Å². The summed E-state index contributed by atoms with van der Waals surface area (Å²) in [6.45, 7) is 7.96. The van der Waals surface area contributed by atoms with Gasteiger partial charge in [-0.3, -0.25) is 0 Å². The molecule has 0 bridgehead atoms. The van der Waals surface area contributed by atoms with Crippen LogP contribution in [0.2, 0.25) is 0 Å². The van der Waals surface area contributed by atoms with Crippen molar-refractivity contribution in [3.05, 3.63) is 0 Å². The molecule has 1 aliphatic rings. The topological polar surface area (TPSA) is 26.3 Å². The van der Waals surface area contributed by atoms with Crippen molar-refractivity contribution in [2.45, 2.75) is 65.7 Å². The zero-order valence-electron chi connectivity index (χ0n) is 10.8. The Morgan fingerprint density at radius 2 is 1.75 bits per heavy atom. The maximum Gasteiger partial charge on any atom is 0.340 e. The second kappa shape index (κ2) is 5.15. The van der Waals surface area contributed by atoms with E-state index in [4.69, 9.17) is 4.74 Å². The predicted molar refractivity (Wildman–Crippen MR) is 61.9 cm³/mol. The van der Waals surface area contributed by atoms with Crippen LogP contribution in [0.15, 0.2) is 0 Å². The predicted octanol–water partition coefficient (Wildman–Crippen LogP) is 3.49. The molecule has 1 rings (SSSR count). The van der Waals surface area contributed by atoms with Crippen LogP contribution in [0.4, 0.5) is 4.39 Å². The molecule has 16 heavy (non-hydrogen) atoms. The van der Waals surface area contributed by atoms with Crippen LogP contribution in [0, 0.1) is 11.3 Å². The minimum atomic E-state index is -1.50. The maximum atomic E-state index is 12.6. The van der Waals surface area contributed by atoms with Crippen molar-refractivity contribution in [3.8, 4) is 0 Å². The summed E-state index contributed by atoms with van der Waals surface area (Å²) in [7, 11) is 0. The number of hydrogen-bond donors (Lipinski definition) is 0. The van der Waals surface area contributed by atoms with Crippen LogP contribution in [0.5, 0.6) is 0 Å². The van der Waals surface area contributed by atoms with E-state index < -0.39 is 12.1 Å². The minimum absolute atomic E-state index is 0.0655. The van der Waals surface area contributed by atoms with Crippen molar-refractivity contribution in [2.75, 3.05) is 0 Å². The lowest BCUT2D eigenvalue weighted by Crippen LogP contribution is -2.31. The second-order valence-corrected chi connectivity index (χ2v) is 5.89. The zero-order valence-corrected chi connectivity index (χ0v) is 10.8. The fourth-order valence-corrected chi connectivity index (χ4v) is 2.30. The van der Waals surface area contributed by atoms with E-state index in [2.05, 4.69) is 20.8 Å². The first-order chi connectivity index (χ1) is 7.30. The first kappa shape index (κ1) is 13.5. The third-order valence-electron chi connectivity index (χ3n) is 3.51. The van der Waals surface area contributed by atoms with Gasteiger partial charge in [0.1, 0.15) is 6.10 Å². The molecule has 0 saturated heterocycles. The number of hydrogen-bond acceptors (Lipinski definition) is 2. The molecule has 0 spiro atoms. The van der Waals surface area contributed by atoms with Gasteiger partial charge in [0.05, 0.1) is 0 Å². The average Bonchev–Trinajstić information content (AvgIpc) is 2.17. The van der Waals surface area contributed by atoms with Gasteiger partial charge in [-0.1, -0.05) is 20.8 Å². The molecular formula is C13H23FO2. The van der Waals surface area contributed by atoms with E-state index in [-0.39, 0.29) is 6.10 Å². The molecule has 0 amide bonds. The number of halogens is 1. The molecule has 1 atom stereocenters. The lowest BCUT2D eigenvalue weighted by atomic mass is 9.72. The normalized spacial score (nSPS) is 28.6.